The molecule has 0 saturated carbocycles. The van der Waals surface area contributed by atoms with Crippen LogP contribution in [0.2, 0.25) is 0 Å². The molecular weight excluding hydrogens is 1060 g/mol. The molecule has 0 heterocycles. The number of aliphatic hydroxyl groups is 1. The molecule has 0 saturated heterocycles. The van der Waals surface area contributed by atoms with Crippen molar-refractivity contribution in [2.24, 2.45) is 0 Å². The normalized spacial score (nSPS) is 14.1. The van der Waals surface area contributed by atoms with Crippen molar-refractivity contribution >= 4 is 13.7 Å². The van der Waals surface area contributed by atoms with Crippen LogP contribution < -0.4 is 5.32 Å². The van der Waals surface area contributed by atoms with E-state index in [1.54, 1.807) is 6.08 Å². The fourth-order valence-electron chi connectivity index (χ4n) is 10.5. The summed E-state index contributed by atoms with van der Waals surface area (Å²) in [5.74, 6) is -0.187. The van der Waals surface area contributed by atoms with Crippen LogP contribution >= 0.6 is 7.82 Å². The third-order valence-corrected chi connectivity index (χ3v) is 17.1. The first-order valence-electron chi connectivity index (χ1n) is 36.0. The summed E-state index contributed by atoms with van der Waals surface area (Å²) in [6.07, 6.45) is 93.2. The zero-order valence-corrected chi connectivity index (χ0v) is 57.0. The Morgan fingerprint density at radius 2 is 0.726 bits per heavy atom. The highest BCUT2D eigenvalue weighted by molar-refractivity contribution is 7.47. The highest BCUT2D eigenvalue weighted by Crippen LogP contribution is 2.43. The SMILES string of the molecule is CC/C=C\C/C=C\C/C=C\C/C=C\CCCCCCCCCCCCCCCCCCCCCCCCC(=O)NC(COP(=O)(O)OCC[N+](C)(C)C)C(O)/C=C/CC/C=C/CC/C=C/CCCCCCCCCCCCCCCCCCC. The van der Waals surface area contributed by atoms with Gasteiger partial charge in [0, 0.05) is 6.42 Å². The lowest BCUT2D eigenvalue weighted by atomic mass is 10.0. The van der Waals surface area contributed by atoms with Crippen molar-refractivity contribution in [2.45, 2.75) is 347 Å². The van der Waals surface area contributed by atoms with Crippen molar-refractivity contribution in [1.82, 2.24) is 5.32 Å². The first kappa shape index (κ1) is 81.7. The van der Waals surface area contributed by atoms with Gasteiger partial charge in [-0.25, -0.2) is 4.57 Å². The lowest BCUT2D eigenvalue weighted by molar-refractivity contribution is -0.870. The molecule has 0 aliphatic carbocycles. The molecule has 8 nitrogen and oxygen atoms in total. The van der Waals surface area contributed by atoms with Gasteiger partial charge < -0.3 is 19.8 Å². The van der Waals surface area contributed by atoms with Gasteiger partial charge >= 0.3 is 7.82 Å². The van der Waals surface area contributed by atoms with Gasteiger partial charge in [-0.2, -0.15) is 0 Å². The van der Waals surface area contributed by atoms with Gasteiger partial charge in [-0.05, 0) is 83.5 Å². The zero-order valence-electron chi connectivity index (χ0n) is 56.1. The third kappa shape index (κ3) is 67.2. The van der Waals surface area contributed by atoms with E-state index in [4.69, 9.17) is 9.05 Å². The van der Waals surface area contributed by atoms with Crippen LogP contribution in [0.4, 0.5) is 0 Å². The number of aliphatic hydroxyl groups excluding tert-OH is 1. The molecule has 490 valence electrons. The summed E-state index contributed by atoms with van der Waals surface area (Å²) in [6.45, 7) is 4.71. The van der Waals surface area contributed by atoms with E-state index in [0.717, 1.165) is 70.6 Å². The molecule has 0 rings (SSSR count). The van der Waals surface area contributed by atoms with Gasteiger partial charge in [0.15, 0.2) is 0 Å². The average Bonchev–Trinajstić information content (AvgIpc) is 3.56. The lowest BCUT2D eigenvalue weighted by Gasteiger charge is -2.25. The largest absolute Gasteiger partial charge is 0.472 e. The number of carbonyl (C=O) groups is 1. The van der Waals surface area contributed by atoms with Gasteiger partial charge in [0.25, 0.3) is 0 Å². The van der Waals surface area contributed by atoms with Crippen LogP contribution in [0.5, 0.6) is 0 Å². The first-order chi connectivity index (χ1) is 41.0. The highest BCUT2D eigenvalue weighted by atomic mass is 31.2. The Labute approximate surface area is 522 Å². The predicted molar refractivity (Wildman–Crippen MR) is 369 cm³/mol. The molecule has 0 bridgehead atoms. The van der Waals surface area contributed by atoms with Gasteiger partial charge in [-0.1, -0.05) is 330 Å². The molecule has 84 heavy (non-hydrogen) atoms. The maximum atomic E-state index is 13.1. The number of allylic oxidation sites excluding steroid dienone is 13. The van der Waals surface area contributed by atoms with Crippen molar-refractivity contribution in [3.8, 4) is 0 Å². The summed E-state index contributed by atoms with van der Waals surface area (Å²) in [4.78, 5) is 23.4. The molecule has 0 aliphatic rings. The number of phosphoric ester groups is 1. The number of rotatable bonds is 66. The van der Waals surface area contributed by atoms with E-state index < -0.39 is 20.0 Å². The molecule has 1 amide bonds. The van der Waals surface area contributed by atoms with Gasteiger partial charge in [0.1, 0.15) is 13.2 Å². The zero-order chi connectivity index (χ0) is 61.2. The van der Waals surface area contributed by atoms with E-state index in [2.05, 4.69) is 92.1 Å². The maximum absolute atomic E-state index is 13.1. The van der Waals surface area contributed by atoms with Gasteiger partial charge in [-0.3, -0.25) is 13.8 Å². The Morgan fingerprint density at radius 1 is 0.417 bits per heavy atom. The van der Waals surface area contributed by atoms with Crippen LogP contribution in [0.15, 0.2) is 85.1 Å². The summed E-state index contributed by atoms with van der Waals surface area (Å²) in [5.41, 5.74) is 0. The molecule has 0 radical (unpaired) electrons. The van der Waals surface area contributed by atoms with Gasteiger partial charge in [0.05, 0.1) is 39.9 Å². The number of likely N-dealkylation sites (N-methyl/N-ethyl adjacent to an activating group) is 1. The molecule has 0 aromatic heterocycles. The van der Waals surface area contributed by atoms with E-state index in [-0.39, 0.29) is 19.1 Å². The molecule has 3 unspecified atom stereocenters. The van der Waals surface area contributed by atoms with Crippen molar-refractivity contribution in [3.63, 3.8) is 0 Å². The molecule has 0 aromatic carbocycles. The second-order valence-corrected chi connectivity index (χ2v) is 27.0. The number of phosphoric acid groups is 1. The topological polar surface area (TPSA) is 105 Å². The molecular formula is C75H140N2O6P+. The molecule has 0 fully saturated rings. The minimum atomic E-state index is -4.37. The summed E-state index contributed by atoms with van der Waals surface area (Å²) in [5, 5.41) is 14.0. The first-order valence-corrected chi connectivity index (χ1v) is 37.5. The molecule has 0 spiro atoms. The number of nitrogens with zero attached hydrogens (tertiary/aromatic N) is 1. The Bertz CT molecular complexity index is 1650. The van der Waals surface area contributed by atoms with E-state index in [0.29, 0.717) is 17.4 Å². The van der Waals surface area contributed by atoms with E-state index in [1.807, 2.05) is 27.2 Å². The third-order valence-electron chi connectivity index (χ3n) is 16.1. The molecule has 9 heteroatoms. The summed E-state index contributed by atoms with van der Waals surface area (Å²) >= 11 is 0. The van der Waals surface area contributed by atoms with Crippen molar-refractivity contribution in [2.75, 3.05) is 40.9 Å². The standard InChI is InChI=1S/C75H139N2O6P/c1-6-8-10-12-14-16-18-20-22-24-26-28-30-32-34-35-36-37-38-39-40-41-43-45-47-49-51-53-55-57-59-61-63-65-67-69-75(79)76-73(72-83-84(80,81)82-71-70-77(3,4)5)74(78)68-66-64-62-60-58-56-54-52-50-48-46-44-42-33-31-29-27-25-23-21-19-17-15-13-11-9-7-2/h8,10,14,16,20,22,26,28,50,52,58,60,66,68,73-74,78H,6-7,9,11-13,15,17-19,21,23-25,27,29-49,51,53-57,59,61-65,67,69-72H2,1-5H3,(H-,76,79,80,81)/p+1/b10-8-,16-14-,22-20-,28-26-,52-50+,60-58+,68-66+. The minimum absolute atomic E-state index is 0.0526. The van der Waals surface area contributed by atoms with E-state index >= 15 is 0 Å². The fraction of sp³-hybridized carbons (Fsp3) is 0.800. The summed E-state index contributed by atoms with van der Waals surface area (Å²) in [6, 6.07) is -0.874. The summed E-state index contributed by atoms with van der Waals surface area (Å²) < 4.78 is 23.8. The van der Waals surface area contributed by atoms with E-state index in [9.17, 15) is 19.4 Å². The summed E-state index contributed by atoms with van der Waals surface area (Å²) in [7, 11) is 1.55. The monoisotopic (exact) mass is 1200 g/mol. The Hall–Kier alpha value is -2.32. The Morgan fingerprint density at radius 3 is 1.10 bits per heavy atom. The second kappa shape index (κ2) is 65.1. The van der Waals surface area contributed by atoms with Gasteiger partial charge in [-0.15, -0.1) is 0 Å². The number of nitrogens with one attached hydrogen (secondary N) is 1. The quantitative estimate of drug-likeness (QED) is 0.0243. The van der Waals surface area contributed by atoms with Crippen LogP contribution in [0.25, 0.3) is 0 Å². The average molecular weight is 1200 g/mol. The van der Waals surface area contributed by atoms with Crippen LogP contribution in [0, 0.1) is 0 Å². The van der Waals surface area contributed by atoms with Crippen LogP contribution in [0.1, 0.15) is 335 Å². The predicted octanol–water partition coefficient (Wildman–Crippen LogP) is 23.1. The number of unbranched alkanes of at least 4 members (excludes halogenated alkanes) is 41. The highest BCUT2D eigenvalue weighted by Gasteiger charge is 2.28. The Kier molecular flexibility index (Phi) is 63.3. The lowest BCUT2D eigenvalue weighted by Crippen LogP contribution is -2.45. The molecule has 0 aromatic rings. The van der Waals surface area contributed by atoms with E-state index in [1.165, 1.54) is 244 Å². The number of hydrogen-bond donors (Lipinski definition) is 3. The fourth-order valence-corrected chi connectivity index (χ4v) is 11.3. The minimum Gasteiger partial charge on any atom is -0.387 e. The molecule has 0 aliphatic heterocycles. The number of hydrogen-bond acceptors (Lipinski definition) is 5. The molecule has 3 atom stereocenters. The smallest absolute Gasteiger partial charge is 0.387 e. The van der Waals surface area contributed by atoms with Crippen LogP contribution in [-0.4, -0.2) is 73.4 Å². The van der Waals surface area contributed by atoms with Crippen molar-refractivity contribution < 1.29 is 32.9 Å². The number of amides is 1. The van der Waals surface area contributed by atoms with Crippen molar-refractivity contribution in [3.05, 3.63) is 85.1 Å². The van der Waals surface area contributed by atoms with Crippen LogP contribution in [-0.2, 0) is 18.4 Å². The van der Waals surface area contributed by atoms with Gasteiger partial charge in [0.2, 0.25) is 5.91 Å². The molecule has 3 N–H and O–H groups in total. The van der Waals surface area contributed by atoms with Crippen LogP contribution in [0.3, 0.4) is 0 Å². The Balaban J connectivity index is 4.07. The van der Waals surface area contributed by atoms with Crippen molar-refractivity contribution in [1.29, 1.82) is 0 Å². The number of quaternary nitrogens is 1. The number of carbonyl (C=O) groups excluding carboxylic acids is 1. The second-order valence-electron chi connectivity index (χ2n) is 25.6. The maximum Gasteiger partial charge on any atom is 0.472 e.